The van der Waals surface area contributed by atoms with Crippen LogP contribution in [0, 0.1) is 0 Å². The van der Waals surface area contributed by atoms with Crippen molar-refractivity contribution < 1.29 is 4.79 Å². The van der Waals surface area contributed by atoms with Crippen LogP contribution in [0.3, 0.4) is 0 Å². The molecule has 0 radical (unpaired) electrons. The molecule has 1 aromatic heterocycles. The lowest BCUT2D eigenvalue weighted by atomic mass is 10.1. The first-order chi connectivity index (χ1) is 9.20. The molecule has 1 aromatic carbocycles. The summed E-state index contributed by atoms with van der Waals surface area (Å²) in [5.74, 6) is -0.0902. The minimum Gasteiger partial charge on any atom is -0.345 e. The molecule has 0 aliphatic carbocycles. The number of benzene rings is 1. The van der Waals surface area contributed by atoms with E-state index in [2.05, 4.69) is 15.5 Å². The number of hydrogen-bond donors (Lipinski definition) is 3. The van der Waals surface area contributed by atoms with Gasteiger partial charge in [0.1, 0.15) is 0 Å². The van der Waals surface area contributed by atoms with Gasteiger partial charge in [-0.1, -0.05) is 12.1 Å². The zero-order chi connectivity index (χ0) is 13.7. The van der Waals surface area contributed by atoms with E-state index in [0.29, 0.717) is 12.1 Å². The first-order valence-corrected chi connectivity index (χ1v) is 6.29. The molecule has 0 spiro atoms. The SMILES string of the molecule is CC(NC(=O)c1cccc(CCN)c1)c1cn[nH]c1. The van der Waals surface area contributed by atoms with Crippen molar-refractivity contribution in [2.75, 3.05) is 6.54 Å². The van der Waals surface area contributed by atoms with Crippen LogP contribution in [-0.2, 0) is 6.42 Å². The van der Waals surface area contributed by atoms with Gasteiger partial charge in [-0.2, -0.15) is 5.10 Å². The van der Waals surface area contributed by atoms with E-state index in [1.807, 2.05) is 25.1 Å². The monoisotopic (exact) mass is 258 g/mol. The Bertz CT molecular complexity index is 536. The van der Waals surface area contributed by atoms with E-state index in [9.17, 15) is 4.79 Å². The molecule has 0 saturated carbocycles. The van der Waals surface area contributed by atoms with Crippen LogP contribution in [0.15, 0.2) is 36.7 Å². The lowest BCUT2D eigenvalue weighted by molar-refractivity contribution is 0.0940. The van der Waals surface area contributed by atoms with Crippen molar-refractivity contribution in [1.29, 1.82) is 0 Å². The van der Waals surface area contributed by atoms with Crippen LogP contribution in [0.25, 0.3) is 0 Å². The molecule has 100 valence electrons. The normalized spacial score (nSPS) is 12.1. The molecule has 2 aromatic rings. The molecule has 5 nitrogen and oxygen atoms in total. The molecule has 0 aliphatic rings. The third-order valence-electron chi connectivity index (χ3n) is 2.99. The summed E-state index contributed by atoms with van der Waals surface area (Å²) < 4.78 is 0. The first kappa shape index (κ1) is 13.3. The van der Waals surface area contributed by atoms with E-state index in [-0.39, 0.29) is 11.9 Å². The fraction of sp³-hybridized carbons (Fsp3) is 0.286. The van der Waals surface area contributed by atoms with Crippen molar-refractivity contribution in [2.45, 2.75) is 19.4 Å². The molecular formula is C14H18N4O. The van der Waals surface area contributed by atoms with E-state index in [0.717, 1.165) is 17.5 Å². The van der Waals surface area contributed by atoms with E-state index in [1.165, 1.54) is 0 Å². The molecule has 0 aliphatic heterocycles. The van der Waals surface area contributed by atoms with Crippen LogP contribution in [0.1, 0.15) is 34.5 Å². The van der Waals surface area contributed by atoms with Gasteiger partial charge < -0.3 is 11.1 Å². The first-order valence-electron chi connectivity index (χ1n) is 6.29. The summed E-state index contributed by atoms with van der Waals surface area (Å²) in [6.45, 7) is 2.50. The third kappa shape index (κ3) is 3.42. The Kier molecular flexibility index (Phi) is 4.30. The topological polar surface area (TPSA) is 83.8 Å². The van der Waals surface area contributed by atoms with Crippen LogP contribution in [-0.4, -0.2) is 22.6 Å². The quantitative estimate of drug-likeness (QED) is 0.758. The maximum absolute atomic E-state index is 12.1. The van der Waals surface area contributed by atoms with Gasteiger partial charge in [-0.3, -0.25) is 9.89 Å². The van der Waals surface area contributed by atoms with Crippen LogP contribution >= 0.6 is 0 Å². The molecule has 1 amide bonds. The van der Waals surface area contributed by atoms with E-state index in [4.69, 9.17) is 5.73 Å². The van der Waals surface area contributed by atoms with Crippen molar-refractivity contribution in [3.05, 3.63) is 53.3 Å². The average molecular weight is 258 g/mol. The summed E-state index contributed by atoms with van der Waals surface area (Å²) in [6, 6.07) is 7.46. The van der Waals surface area contributed by atoms with Crippen molar-refractivity contribution in [3.8, 4) is 0 Å². The molecule has 5 heteroatoms. The summed E-state index contributed by atoms with van der Waals surface area (Å²) >= 11 is 0. The van der Waals surface area contributed by atoms with Gasteiger partial charge in [-0.05, 0) is 37.6 Å². The van der Waals surface area contributed by atoms with Gasteiger partial charge in [0.2, 0.25) is 0 Å². The number of nitrogens with zero attached hydrogens (tertiary/aromatic N) is 1. The Labute approximate surface area is 112 Å². The smallest absolute Gasteiger partial charge is 0.251 e. The van der Waals surface area contributed by atoms with Crippen molar-refractivity contribution >= 4 is 5.91 Å². The highest BCUT2D eigenvalue weighted by Crippen LogP contribution is 2.11. The molecule has 1 unspecified atom stereocenters. The fourth-order valence-corrected chi connectivity index (χ4v) is 1.90. The van der Waals surface area contributed by atoms with Gasteiger partial charge in [0, 0.05) is 17.3 Å². The number of hydrogen-bond acceptors (Lipinski definition) is 3. The van der Waals surface area contributed by atoms with Crippen molar-refractivity contribution in [3.63, 3.8) is 0 Å². The van der Waals surface area contributed by atoms with Gasteiger partial charge >= 0.3 is 0 Å². The third-order valence-corrected chi connectivity index (χ3v) is 2.99. The van der Waals surface area contributed by atoms with Crippen LogP contribution < -0.4 is 11.1 Å². The number of aromatic nitrogens is 2. The Morgan fingerprint density at radius 2 is 2.37 bits per heavy atom. The second kappa shape index (κ2) is 6.15. The van der Waals surface area contributed by atoms with E-state index in [1.54, 1.807) is 18.5 Å². The number of H-pyrrole nitrogens is 1. The van der Waals surface area contributed by atoms with E-state index >= 15 is 0 Å². The summed E-state index contributed by atoms with van der Waals surface area (Å²) in [7, 11) is 0. The molecule has 0 bridgehead atoms. The molecular weight excluding hydrogens is 240 g/mol. The number of aromatic amines is 1. The molecule has 0 saturated heterocycles. The molecule has 0 fully saturated rings. The summed E-state index contributed by atoms with van der Waals surface area (Å²) in [6.07, 6.45) is 4.25. The van der Waals surface area contributed by atoms with Crippen molar-refractivity contribution in [1.82, 2.24) is 15.5 Å². The number of nitrogens with two attached hydrogens (primary N) is 1. The second-order valence-electron chi connectivity index (χ2n) is 4.47. The fourth-order valence-electron chi connectivity index (χ4n) is 1.90. The maximum Gasteiger partial charge on any atom is 0.251 e. The second-order valence-corrected chi connectivity index (χ2v) is 4.47. The lowest BCUT2D eigenvalue weighted by Crippen LogP contribution is -2.26. The number of carbonyl (C=O) groups is 1. The highest BCUT2D eigenvalue weighted by Gasteiger charge is 2.12. The highest BCUT2D eigenvalue weighted by atomic mass is 16.1. The number of carbonyl (C=O) groups excluding carboxylic acids is 1. The highest BCUT2D eigenvalue weighted by molar-refractivity contribution is 5.94. The Morgan fingerprint density at radius 1 is 1.53 bits per heavy atom. The Balaban J connectivity index is 2.05. The molecule has 2 rings (SSSR count). The minimum absolute atomic E-state index is 0.0792. The summed E-state index contributed by atoms with van der Waals surface area (Å²) in [5.41, 5.74) is 8.20. The largest absolute Gasteiger partial charge is 0.345 e. The average Bonchev–Trinajstić information content (AvgIpc) is 2.93. The number of rotatable bonds is 5. The van der Waals surface area contributed by atoms with E-state index < -0.39 is 0 Å². The molecule has 4 N–H and O–H groups in total. The predicted octanol–water partition coefficient (Wildman–Crippen LogP) is 1.40. The lowest BCUT2D eigenvalue weighted by Gasteiger charge is -2.12. The van der Waals surface area contributed by atoms with Gasteiger partial charge in [0.25, 0.3) is 5.91 Å². The van der Waals surface area contributed by atoms with Crippen LogP contribution in [0.5, 0.6) is 0 Å². The minimum atomic E-state index is -0.0902. The standard InChI is InChI=1S/C14H18N4O/c1-10(13-8-16-17-9-13)18-14(19)12-4-2-3-11(7-12)5-6-15/h2-4,7-10H,5-6,15H2,1H3,(H,16,17)(H,18,19). The molecule has 1 heterocycles. The van der Waals surface area contributed by atoms with Crippen LogP contribution in [0.4, 0.5) is 0 Å². The van der Waals surface area contributed by atoms with Crippen LogP contribution in [0.2, 0.25) is 0 Å². The summed E-state index contributed by atoms with van der Waals surface area (Å²) in [4.78, 5) is 12.1. The van der Waals surface area contributed by atoms with Gasteiger partial charge in [0.15, 0.2) is 0 Å². The maximum atomic E-state index is 12.1. The number of amides is 1. The Morgan fingerprint density at radius 3 is 3.05 bits per heavy atom. The van der Waals surface area contributed by atoms with Gasteiger partial charge in [0.05, 0.1) is 12.2 Å². The Hall–Kier alpha value is -2.14. The zero-order valence-corrected chi connectivity index (χ0v) is 10.9. The summed E-state index contributed by atoms with van der Waals surface area (Å²) in [5, 5.41) is 9.54. The van der Waals surface area contributed by atoms with Crippen molar-refractivity contribution in [2.24, 2.45) is 5.73 Å². The van der Waals surface area contributed by atoms with Gasteiger partial charge in [-0.25, -0.2) is 0 Å². The molecule has 19 heavy (non-hydrogen) atoms. The molecule has 1 atom stereocenters. The predicted molar refractivity (Wildman–Crippen MR) is 73.7 cm³/mol. The zero-order valence-electron chi connectivity index (χ0n) is 10.9. The number of nitrogens with one attached hydrogen (secondary N) is 2. The van der Waals surface area contributed by atoms with Gasteiger partial charge in [-0.15, -0.1) is 0 Å².